The first-order valence-corrected chi connectivity index (χ1v) is 11.1. The highest BCUT2D eigenvalue weighted by molar-refractivity contribution is 5.79. The molecule has 0 aliphatic carbocycles. The molecule has 1 fully saturated rings. The van der Waals surface area contributed by atoms with E-state index in [0.29, 0.717) is 25.9 Å². The van der Waals surface area contributed by atoms with E-state index in [9.17, 15) is 9.59 Å². The molecule has 2 aromatic rings. The monoisotopic (exact) mass is 423 g/mol. The number of carbonyl (C=O) groups excluding carboxylic acids is 2. The molecule has 0 aromatic carbocycles. The van der Waals surface area contributed by atoms with Crippen molar-refractivity contribution in [3.8, 4) is 0 Å². The molecular formula is C24H33N5O2. The van der Waals surface area contributed by atoms with Crippen LogP contribution >= 0.6 is 0 Å². The van der Waals surface area contributed by atoms with Crippen molar-refractivity contribution < 1.29 is 9.59 Å². The van der Waals surface area contributed by atoms with Gasteiger partial charge in [-0.3, -0.25) is 24.5 Å². The lowest BCUT2D eigenvalue weighted by atomic mass is 9.97. The van der Waals surface area contributed by atoms with Gasteiger partial charge in [0.1, 0.15) is 0 Å². The van der Waals surface area contributed by atoms with Gasteiger partial charge in [-0.1, -0.05) is 6.07 Å². The highest BCUT2D eigenvalue weighted by Gasteiger charge is 2.23. The molecule has 31 heavy (non-hydrogen) atoms. The second kappa shape index (κ2) is 12.2. The summed E-state index contributed by atoms with van der Waals surface area (Å²) in [7, 11) is 1.87. The van der Waals surface area contributed by atoms with Crippen LogP contribution < -0.4 is 5.32 Å². The summed E-state index contributed by atoms with van der Waals surface area (Å²) in [5, 5.41) is 2.99. The van der Waals surface area contributed by atoms with Crippen LogP contribution in [0.4, 0.5) is 0 Å². The summed E-state index contributed by atoms with van der Waals surface area (Å²) in [5.74, 6) is 0.136. The predicted molar refractivity (Wildman–Crippen MR) is 120 cm³/mol. The van der Waals surface area contributed by atoms with Crippen LogP contribution in [0.5, 0.6) is 0 Å². The largest absolute Gasteiger partial charge is 0.356 e. The van der Waals surface area contributed by atoms with Crippen molar-refractivity contribution in [2.75, 3.05) is 33.2 Å². The molecule has 2 aromatic heterocycles. The van der Waals surface area contributed by atoms with Crippen LogP contribution in [-0.2, 0) is 22.6 Å². The van der Waals surface area contributed by atoms with Crippen LogP contribution in [0.15, 0.2) is 48.9 Å². The van der Waals surface area contributed by atoms with Gasteiger partial charge in [0.2, 0.25) is 11.8 Å². The van der Waals surface area contributed by atoms with E-state index in [1.165, 1.54) is 5.56 Å². The standard InChI is InChI=1S/C24H33N5O2/c1-28(17-10-22-6-2-3-12-26-22)24(31)21-5-4-16-29(18-11-23(30)27-15-9-21)19-20-7-13-25-14-8-20/h2-3,6-8,12-14,21H,4-5,9-11,15-19H2,1H3,(H,27,30). The normalized spacial score (nSPS) is 18.6. The number of amides is 2. The van der Waals surface area contributed by atoms with Crippen molar-refractivity contribution in [2.45, 2.75) is 38.6 Å². The maximum Gasteiger partial charge on any atom is 0.225 e. The molecule has 3 heterocycles. The zero-order valence-corrected chi connectivity index (χ0v) is 18.4. The minimum absolute atomic E-state index is 0.0522. The molecule has 0 radical (unpaired) electrons. The Hall–Kier alpha value is -2.80. The minimum Gasteiger partial charge on any atom is -0.356 e. The summed E-state index contributed by atoms with van der Waals surface area (Å²) in [5.41, 5.74) is 2.18. The number of nitrogens with zero attached hydrogens (tertiary/aromatic N) is 4. The van der Waals surface area contributed by atoms with Gasteiger partial charge in [-0.2, -0.15) is 0 Å². The Morgan fingerprint density at radius 2 is 2.00 bits per heavy atom. The summed E-state index contributed by atoms with van der Waals surface area (Å²) in [4.78, 5) is 37.9. The number of hydrogen-bond donors (Lipinski definition) is 1. The molecule has 1 unspecified atom stereocenters. The van der Waals surface area contributed by atoms with Crippen LogP contribution in [0.1, 0.15) is 36.9 Å². The smallest absolute Gasteiger partial charge is 0.225 e. The number of pyridine rings is 2. The molecule has 7 heteroatoms. The molecule has 3 rings (SSSR count). The Kier molecular flexibility index (Phi) is 8.97. The fraction of sp³-hybridized carbons (Fsp3) is 0.500. The highest BCUT2D eigenvalue weighted by atomic mass is 16.2. The number of hydrogen-bond acceptors (Lipinski definition) is 5. The Labute approximate surface area is 184 Å². The van der Waals surface area contributed by atoms with Gasteiger partial charge >= 0.3 is 0 Å². The van der Waals surface area contributed by atoms with Gasteiger partial charge in [0.25, 0.3) is 0 Å². The van der Waals surface area contributed by atoms with E-state index in [0.717, 1.165) is 44.6 Å². The van der Waals surface area contributed by atoms with Crippen LogP contribution in [0.2, 0.25) is 0 Å². The molecular weight excluding hydrogens is 390 g/mol. The third-order valence-electron chi connectivity index (χ3n) is 5.81. The lowest BCUT2D eigenvalue weighted by molar-refractivity contribution is -0.135. The van der Waals surface area contributed by atoms with Crippen LogP contribution in [0, 0.1) is 5.92 Å². The quantitative estimate of drug-likeness (QED) is 0.771. The van der Waals surface area contributed by atoms with Gasteiger partial charge in [-0.05, 0) is 55.6 Å². The second-order valence-corrected chi connectivity index (χ2v) is 8.19. The second-order valence-electron chi connectivity index (χ2n) is 8.19. The molecule has 0 bridgehead atoms. The van der Waals surface area contributed by atoms with Crippen molar-refractivity contribution in [3.63, 3.8) is 0 Å². The van der Waals surface area contributed by atoms with Gasteiger partial charge in [0.15, 0.2) is 0 Å². The van der Waals surface area contributed by atoms with Crippen molar-refractivity contribution in [2.24, 2.45) is 5.92 Å². The van der Waals surface area contributed by atoms with Gasteiger partial charge in [0.05, 0.1) is 0 Å². The molecule has 1 N–H and O–H groups in total. The molecule has 1 saturated heterocycles. The van der Waals surface area contributed by atoms with E-state index < -0.39 is 0 Å². The first-order valence-electron chi connectivity index (χ1n) is 11.1. The Balaban J connectivity index is 1.56. The van der Waals surface area contributed by atoms with E-state index in [2.05, 4.69) is 20.2 Å². The van der Waals surface area contributed by atoms with E-state index >= 15 is 0 Å². The summed E-state index contributed by atoms with van der Waals surface area (Å²) < 4.78 is 0. The number of rotatable bonds is 6. The summed E-state index contributed by atoms with van der Waals surface area (Å²) in [6, 6.07) is 9.86. The van der Waals surface area contributed by atoms with Crippen molar-refractivity contribution in [3.05, 3.63) is 60.2 Å². The molecule has 166 valence electrons. The lowest BCUT2D eigenvalue weighted by Gasteiger charge is -2.25. The van der Waals surface area contributed by atoms with Crippen LogP contribution in [0.25, 0.3) is 0 Å². The third kappa shape index (κ3) is 7.75. The Bertz CT molecular complexity index is 815. The first kappa shape index (κ1) is 22.9. The number of likely N-dealkylation sites (N-methyl/N-ethyl adjacent to an activating group) is 1. The average molecular weight is 424 g/mol. The van der Waals surface area contributed by atoms with Gasteiger partial charge in [-0.25, -0.2) is 0 Å². The van der Waals surface area contributed by atoms with Crippen molar-refractivity contribution >= 4 is 11.8 Å². The highest BCUT2D eigenvalue weighted by Crippen LogP contribution is 2.17. The van der Waals surface area contributed by atoms with Gasteiger partial charge in [-0.15, -0.1) is 0 Å². The van der Waals surface area contributed by atoms with Crippen molar-refractivity contribution in [1.82, 2.24) is 25.1 Å². The average Bonchev–Trinajstić information content (AvgIpc) is 2.84. The fourth-order valence-corrected chi connectivity index (χ4v) is 3.95. The third-order valence-corrected chi connectivity index (χ3v) is 5.81. The number of nitrogens with one attached hydrogen (secondary N) is 1. The summed E-state index contributed by atoms with van der Waals surface area (Å²) >= 11 is 0. The number of aromatic nitrogens is 2. The lowest BCUT2D eigenvalue weighted by Crippen LogP contribution is -2.36. The maximum atomic E-state index is 13.1. The van der Waals surface area contributed by atoms with E-state index in [1.54, 1.807) is 18.6 Å². The Morgan fingerprint density at radius 1 is 1.16 bits per heavy atom. The fourth-order valence-electron chi connectivity index (χ4n) is 3.95. The van der Waals surface area contributed by atoms with Crippen LogP contribution in [-0.4, -0.2) is 64.8 Å². The SMILES string of the molecule is CN(CCc1ccccn1)C(=O)C1CCCN(Cc2ccncc2)CCC(=O)NCC1. The van der Waals surface area contributed by atoms with Gasteiger partial charge < -0.3 is 10.2 Å². The van der Waals surface area contributed by atoms with E-state index in [4.69, 9.17) is 0 Å². The zero-order chi connectivity index (χ0) is 21.9. The molecule has 1 aliphatic rings. The number of carbonyl (C=O) groups is 2. The first-order chi connectivity index (χ1) is 15.1. The molecule has 1 aliphatic heterocycles. The zero-order valence-electron chi connectivity index (χ0n) is 18.4. The van der Waals surface area contributed by atoms with Crippen LogP contribution in [0.3, 0.4) is 0 Å². The topological polar surface area (TPSA) is 78.4 Å². The minimum atomic E-state index is -0.0742. The van der Waals surface area contributed by atoms with Crippen molar-refractivity contribution in [1.29, 1.82) is 0 Å². The summed E-state index contributed by atoms with van der Waals surface area (Å²) in [6.07, 6.45) is 9.04. The molecule has 0 spiro atoms. The summed E-state index contributed by atoms with van der Waals surface area (Å²) in [6.45, 7) is 3.58. The van der Waals surface area contributed by atoms with E-state index in [-0.39, 0.29) is 17.7 Å². The maximum absolute atomic E-state index is 13.1. The predicted octanol–water partition coefficient (Wildman–Crippen LogP) is 2.29. The molecule has 7 nitrogen and oxygen atoms in total. The molecule has 1 atom stereocenters. The Morgan fingerprint density at radius 3 is 2.77 bits per heavy atom. The van der Waals surface area contributed by atoms with Gasteiger partial charge in [0, 0.05) is 76.3 Å². The molecule has 2 amide bonds. The van der Waals surface area contributed by atoms with E-state index in [1.807, 2.05) is 42.3 Å². The molecule has 0 saturated carbocycles.